The van der Waals surface area contributed by atoms with Crippen molar-refractivity contribution in [2.24, 2.45) is 10.9 Å². The zero-order valence-electron chi connectivity index (χ0n) is 8.95. The Balaban J connectivity index is 0. The number of ether oxygens (including phenoxy) is 1. The second-order valence-electron chi connectivity index (χ2n) is 3.08. The maximum absolute atomic E-state index is 10.3. The second-order valence-corrected chi connectivity index (χ2v) is 3.08. The Labute approximate surface area is 84.7 Å². The van der Waals surface area contributed by atoms with E-state index in [2.05, 4.69) is 37.1 Å². The third kappa shape index (κ3) is 22.4. The Hall–Kier alpha value is -1.41. The molecule has 0 atom stereocenters. The van der Waals surface area contributed by atoms with E-state index in [4.69, 9.17) is 0 Å². The molecular formula is C10H17NO3. The van der Waals surface area contributed by atoms with Gasteiger partial charge >= 0.3 is 5.97 Å². The highest BCUT2D eigenvalue weighted by Crippen LogP contribution is 1.81. The number of esters is 1. The minimum Gasteiger partial charge on any atom is -0.461 e. The van der Waals surface area contributed by atoms with E-state index in [0.717, 1.165) is 12.0 Å². The summed E-state index contributed by atoms with van der Waals surface area (Å²) in [5.74, 6) is 0.320. The lowest BCUT2D eigenvalue weighted by atomic mass is 10.3. The first-order valence-corrected chi connectivity index (χ1v) is 4.37. The summed E-state index contributed by atoms with van der Waals surface area (Å²) in [6.07, 6.45) is 2.36. The minimum absolute atomic E-state index is 0.0973. The molecule has 0 unspecified atom stereocenters. The van der Waals surface area contributed by atoms with Crippen LogP contribution in [0.3, 0.4) is 0 Å². The van der Waals surface area contributed by atoms with Gasteiger partial charge in [0.15, 0.2) is 0 Å². The van der Waals surface area contributed by atoms with Crippen molar-refractivity contribution in [1.29, 1.82) is 0 Å². The predicted molar refractivity (Wildman–Crippen MR) is 54.7 cm³/mol. The molecule has 0 aromatic carbocycles. The third-order valence-corrected chi connectivity index (χ3v) is 0.679. The van der Waals surface area contributed by atoms with Gasteiger partial charge in [0.05, 0.1) is 6.54 Å². The summed E-state index contributed by atoms with van der Waals surface area (Å²) in [6.45, 7) is 9.93. The number of hydrogen-bond donors (Lipinski definition) is 0. The van der Waals surface area contributed by atoms with Crippen molar-refractivity contribution < 1.29 is 14.3 Å². The van der Waals surface area contributed by atoms with Crippen LogP contribution in [-0.2, 0) is 14.3 Å². The van der Waals surface area contributed by atoms with E-state index in [1.807, 2.05) is 0 Å². The van der Waals surface area contributed by atoms with Gasteiger partial charge in [0.2, 0.25) is 6.08 Å². The molecule has 80 valence electrons. The fourth-order valence-electron chi connectivity index (χ4n) is 0.296. The van der Waals surface area contributed by atoms with Crippen molar-refractivity contribution in [3.8, 4) is 0 Å². The largest absolute Gasteiger partial charge is 0.461 e. The molecule has 0 N–H and O–H groups in total. The molecule has 0 aliphatic heterocycles. The molecule has 0 radical (unpaired) electrons. The Morgan fingerprint density at radius 2 is 2.07 bits per heavy atom. The minimum atomic E-state index is -0.513. The summed E-state index contributed by atoms with van der Waals surface area (Å²) in [4.78, 5) is 22.9. The molecule has 0 aliphatic carbocycles. The predicted octanol–water partition coefficient (Wildman–Crippen LogP) is 1.71. The van der Waals surface area contributed by atoms with Gasteiger partial charge < -0.3 is 4.74 Å². The average Bonchev–Trinajstić information content (AvgIpc) is 2.11. The molecule has 14 heavy (non-hydrogen) atoms. The van der Waals surface area contributed by atoms with Crippen LogP contribution < -0.4 is 0 Å². The van der Waals surface area contributed by atoms with Crippen molar-refractivity contribution in [2.75, 3.05) is 13.2 Å². The molecule has 4 heteroatoms. The highest BCUT2D eigenvalue weighted by Gasteiger charge is 1.91. The van der Waals surface area contributed by atoms with Gasteiger partial charge in [-0.25, -0.2) is 14.6 Å². The highest BCUT2D eigenvalue weighted by molar-refractivity contribution is 5.81. The van der Waals surface area contributed by atoms with Gasteiger partial charge in [0, 0.05) is 6.08 Å². The maximum atomic E-state index is 10.3. The van der Waals surface area contributed by atoms with E-state index in [9.17, 15) is 9.59 Å². The molecule has 0 heterocycles. The summed E-state index contributed by atoms with van der Waals surface area (Å²) in [5, 5.41) is 0. The van der Waals surface area contributed by atoms with E-state index in [0.29, 0.717) is 0 Å². The van der Waals surface area contributed by atoms with Crippen molar-refractivity contribution in [3.05, 3.63) is 12.7 Å². The van der Waals surface area contributed by atoms with Gasteiger partial charge in [-0.05, 0) is 5.92 Å². The lowest BCUT2D eigenvalue weighted by molar-refractivity contribution is -0.137. The Morgan fingerprint density at radius 1 is 1.57 bits per heavy atom. The molecular weight excluding hydrogens is 182 g/mol. The first-order valence-electron chi connectivity index (χ1n) is 4.37. The third-order valence-electron chi connectivity index (χ3n) is 0.679. The molecule has 0 aromatic heterocycles. The van der Waals surface area contributed by atoms with Crippen LogP contribution in [0.15, 0.2) is 17.6 Å². The molecule has 0 aliphatic rings. The van der Waals surface area contributed by atoms with E-state index < -0.39 is 5.97 Å². The molecule has 0 saturated carbocycles. The summed E-state index contributed by atoms with van der Waals surface area (Å²) in [6, 6.07) is 0. The number of rotatable bonds is 4. The van der Waals surface area contributed by atoms with Crippen LogP contribution in [0.5, 0.6) is 0 Å². The van der Waals surface area contributed by atoms with E-state index >= 15 is 0 Å². The van der Waals surface area contributed by atoms with Gasteiger partial charge in [0.1, 0.15) is 6.61 Å². The zero-order valence-corrected chi connectivity index (χ0v) is 8.95. The van der Waals surface area contributed by atoms with Crippen LogP contribution in [0.25, 0.3) is 0 Å². The number of carbonyl (C=O) groups excluding carboxylic acids is 2. The van der Waals surface area contributed by atoms with Gasteiger partial charge in [0.25, 0.3) is 0 Å². The maximum Gasteiger partial charge on any atom is 0.330 e. The van der Waals surface area contributed by atoms with E-state index in [1.54, 1.807) is 0 Å². The normalized spacial score (nSPS) is 8.00. The monoisotopic (exact) mass is 199 g/mol. The lowest BCUT2D eigenvalue weighted by Crippen LogP contribution is -2.03. The first-order chi connectivity index (χ1) is 6.54. The SMILES string of the molecule is C=CC(=O)OCCN=C=O.CC(C)C. The molecule has 0 saturated heterocycles. The van der Waals surface area contributed by atoms with Crippen molar-refractivity contribution in [1.82, 2.24) is 0 Å². The van der Waals surface area contributed by atoms with Crippen LogP contribution in [0.2, 0.25) is 0 Å². The highest BCUT2D eigenvalue weighted by atomic mass is 16.5. The molecule has 0 amide bonds. The molecule has 4 nitrogen and oxygen atoms in total. The first kappa shape index (κ1) is 15.1. The zero-order chi connectivity index (χ0) is 11.4. The topological polar surface area (TPSA) is 55.7 Å². The quantitative estimate of drug-likeness (QED) is 0.228. The Kier molecular flexibility index (Phi) is 12.5. The number of nitrogens with zero attached hydrogens (tertiary/aromatic N) is 1. The van der Waals surface area contributed by atoms with Gasteiger partial charge in [-0.3, -0.25) is 0 Å². The smallest absolute Gasteiger partial charge is 0.330 e. The van der Waals surface area contributed by atoms with Gasteiger partial charge in [-0.2, -0.15) is 0 Å². The van der Waals surface area contributed by atoms with Crippen LogP contribution in [0.1, 0.15) is 20.8 Å². The molecule has 0 fully saturated rings. The van der Waals surface area contributed by atoms with Crippen molar-refractivity contribution in [3.63, 3.8) is 0 Å². The molecule has 0 spiro atoms. The standard InChI is InChI=1S/C6H7NO3.C4H10/c1-2-6(9)10-4-3-7-5-8;1-4(2)3/h2H,1,3-4H2;4H,1-3H3. The summed E-state index contributed by atoms with van der Waals surface area (Å²) in [5.41, 5.74) is 0. The van der Waals surface area contributed by atoms with Crippen molar-refractivity contribution >= 4 is 12.0 Å². The van der Waals surface area contributed by atoms with Crippen LogP contribution in [0.4, 0.5) is 0 Å². The van der Waals surface area contributed by atoms with Crippen molar-refractivity contribution in [2.45, 2.75) is 20.8 Å². The summed E-state index contributed by atoms with van der Waals surface area (Å²) < 4.78 is 4.46. The number of aliphatic imine (C=N–C) groups is 1. The van der Waals surface area contributed by atoms with Gasteiger partial charge in [-0.1, -0.05) is 27.4 Å². The number of hydrogen-bond acceptors (Lipinski definition) is 4. The molecule has 0 bridgehead atoms. The van der Waals surface area contributed by atoms with Gasteiger partial charge in [-0.15, -0.1) is 0 Å². The molecule has 0 aromatic rings. The Bertz CT molecular complexity index is 203. The fourth-order valence-corrected chi connectivity index (χ4v) is 0.296. The summed E-state index contributed by atoms with van der Waals surface area (Å²) in [7, 11) is 0. The average molecular weight is 199 g/mol. The van der Waals surface area contributed by atoms with E-state index in [-0.39, 0.29) is 13.2 Å². The molecule has 0 rings (SSSR count). The van der Waals surface area contributed by atoms with Crippen LogP contribution in [0, 0.1) is 5.92 Å². The Morgan fingerprint density at radius 3 is 2.43 bits per heavy atom. The lowest BCUT2D eigenvalue weighted by Gasteiger charge is -1.94. The second kappa shape index (κ2) is 11.6. The summed E-state index contributed by atoms with van der Waals surface area (Å²) >= 11 is 0. The van der Waals surface area contributed by atoms with E-state index in [1.165, 1.54) is 6.08 Å². The number of isocyanates is 1. The van der Waals surface area contributed by atoms with Crippen LogP contribution >= 0.6 is 0 Å². The number of carbonyl (C=O) groups is 1. The fraction of sp³-hybridized carbons (Fsp3) is 0.600. The van der Waals surface area contributed by atoms with Crippen LogP contribution in [-0.4, -0.2) is 25.2 Å².